The molecule has 0 aromatic carbocycles. The van der Waals surface area contributed by atoms with E-state index in [4.69, 9.17) is 0 Å². The van der Waals surface area contributed by atoms with Gasteiger partial charge in [-0.05, 0) is 26.7 Å². The van der Waals surface area contributed by atoms with E-state index in [2.05, 4.69) is 51.7 Å². The lowest BCUT2D eigenvalue weighted by Gasteiger charge is -2.06. The van der Waals surface area contributed by atoms with Crippen LogP contribution in [0.5, 0.6) is 0 Å². The lowest BCUT2D eigenvalue weighted by Crippen LogP contribution is -2.13. The van der Waals surface area contributed by atoms with Crippen LogP contribution in [0.4, 0.5) is 0 Å². The molecule has 0 saturated carbocycles. The second-order valence-electron chi connectivity index (χ2n) is 3.69. The molecule has 0 amide bonds. The fourth-order valence-electron chi connectivity index (χ4n) is 0.851. The van der Waals surface area contributed by atoms with Crippen molar-refractivity contribution in [2.24, 2.45) is 0 Å². The fraction of sp³-hybridized carbons (Fsp3) is 0.538. The minimum atomic E-state index is 0.903. The number of hydrogen-bond donors (Lipinski definition) is 1. The maximum atomic E-state index is 3.90. The molecule has 0 unspecified atom stereocenters. The van der Waals surface area contributed by atoms with Crippen LogP contribution in [-0.2, 0) is 0 Å². The summed E-state index contributed by atoms with van der Waals surface area (Å²) in [7, 11) is 0. The van der Waals surface area contributed by atoms with Crippen LogP contribution in [0.25, 0.3) is 0 Å². The predicted molar refractivity (Wildman–Crippen MR) is 65.2 cm³/mol. The van der Waals surface area contributed by atoms with E-state index < -0.39 is 0 Å². The minimum Gasteiger partial charge on any atom is -0.385 e. The molecule has 0 radical (unpaired) electrons. The average molecular weight is 193 g/mol. The summed E-state index contributed by atoms with van der Waals surface area (Å²) in [6, 6.07) is 0. The molecule has 0 rings (SSSR count). The molecule has 0 aromatic heterocycles. The molecule has 0 heterocycles. The minimum absolute atomic E-state index is 0.903. The van der Waals surface area contributed by atoms with Gasteiger partial charge in [-0.1, -0.05) is 43.7 Å². The first kappa shape index (κ1) is 13.0. The molecular formula is C13H23N. The van der Waals surface area contributed by atoms with Crippen LogP contribution in [0.15, 0.2) is 35.6 Å². The largest absolute Gasteiger partial charge is 0.385 e. The zero-order valence-electron chi connectivity index (χ0n) is 9.98. The van der Waals surface area contributed by atoms with E-state index in [0.29, 0.717) is 0 Å². The molecule has 0 spiro atoms. The molecule has 0 bridgehead atoms. The quantitative estimate of drug-likeness (QED) is 0.633. The van der Waals surface area contributed by atoms with Gasteiger partial charge in [0.15, 0.2) is 0 Å². The zero-order chi connectivity index (χ0) is 11.0. The first-order chi connectivity index (χ1) is 6.60. The van der Waals surface area contributed by atoms with Crippen LogP contribution in [-0.4, -0.2) is 6.54 Å². The summed E-state index contributed by atoms with van der Waals surface area (Å²) in [5, 5.41) is 3.28. The summed E-state index contributed by atoms with van der Waals surface area (Å²) in [6.07, 6.45) is 6.48. The van der Waals surface area contributed by atoms with Crippen molar-refractivity contribution in [2.75, 3.05) is 6.54 Å². The lowest BCUT2D eigenvalue weighted by atomic mass is 10.2. The molecule has 1 N–H and O–H groups in total. The highest BCUT2D eigenvalue weighted by Crippen LogP contribution is 2.01. The van der Waals surface area contributed by atoms with Crippen molar-refractivity contribution in [2.45, 2.75) is 40.5 Å². The summed E-state index contributed by atoms with van der Waals surface area (Å²) in [5.41, 5.74) is 3.86. The van der Waals surface area contributed by atoms with E-state index in [-0.39, 0.29) is 0 Å². The van der Waals surface area contributed by atoms with Crippen LogP contribution in [0.3, 0.4) is 0 Å². The van der Waals surface area contributed by atoms with Crippen molar-refractivity contribution < 1.29 is 0 Å². The Hall–Kier alpha value is -0.980. The Morgan fingerprint density at radius 3 is 2.14 bits per heavy atom. The van der Waals surface area contributed by atoms with Crippen molar-refractivity contribution in [3.8, 4) is 0 Å². The highest BCUT2D eigenvalue weighted by Gasteiger charge is 1.90. The monoisotopic (exact) mass is 193 g/mol. The second kappa shape index (κ2) is 7.43. The molecule has 0 atom stereocenters. The molecule has 1 nitrogen and oxygen atoms in total. The zero-order valence-corrected chi connectivity index (χ0v) is 9.98. The average Bonchev–Trinajstić information content (AvgIpc) is 2.22. The Labute approximate surface area is 88.6 Å². The molecule has 0 aliphatic rings. The van der Waals surface area contributed by atoms with Crippen molar-refractivity contribution in [3.05, 3.63) is 35.6 Å². The molecule has 1 heteroatoms. The van der Waals surface area contributed by atoms with Gasteiger partial charge in [0.2, 0.25) is 0 Å². The maximum Gasteiger partial charge on any atom is 0.0357 e. The first-order valence-corrected chi connectivity index (χ1v) is 5.34. The smallest absolute Gasteiger partial charge is 0.0357 e. The van der Waals surface area contributed by atoms with Gasteiger partial charge in [0.05, 0.1) is 0 Å². The van der Waals surface area contributed by atoms with Gasteiger partial charge < -0.3 is 5.32 Å². The number of allylic oxidation sites excluding steroid dienone is 4. The fourth-order valence-corrected chi connectivity index (χ4v) is 0.851. The van der Waals surface area contributed by atoms with Gasteiger partial charge in [-0.2, -0.15) is 0 Å². The number of rotatable bonds is 6. The van der Waals surface area contributed by atoms with Gasteiger partial charge in [0.1, 0.15) is 0 Å². The van der Waals surface area contributed by atoms with Crippen molar-refractivity contribution in [1.82, 2.24) is 5.32 Å². The third-order valence-corrected chi connectivity index (χ3v) is 2.25. The third kappa shape index (κ3) is 6.53. The van der Waals surface area contributed by atoms with E-state index in [1.165, 1.54) is 11.1 Å². The second-order valence-corrected chi connectivity index (χ2v) is 3.69. The Bertz CT molecular complexity index is 234. The molecule has 0 aliphatic heterocycles. The van der Waals surface area contributed by atoms with E-state index in [1.54, 1.807) is 0 Å². The number of hydrogen-bond acceptors (Lipinski definition) is 1. The van der Waals surface area contributed by atoms with Crippen LogP contribution in [0.2, 0.25) is 0 Å². The van der Waals surface area contributed by atoms with Crippen LogP contribution < -0.4 is 5.32 Å². The standard InChI is InChI=1S/C13H23N/c1-6-11(3)8-9-12(4)10-14-13(5)7-2/h8-9,14H,5-7,10H2,1-4H3/b11-8+,12-9+. The Balaban J connectivity index is 3.95. The summed E-state index contributed by atoms with van der Waals surface area (Å²) < 4.78 is 0. The summed E-state index contributed by atoms with van der Waals surface area (Å²) in [6.45, 7) is 13.4. The summed E-state index contributed by atoms with van der Waals surface area (Å²) in [4.78, 5) is 0. The van der Waals surface area contributed by atoms with Crippen molar-refractivity contribution in [3.63, 3.8) is 0 Å². The van der Waals surface area contributed by atoms with Gasteiger partial charge in [-0.25, -0.2) is 0 Å². The van der Waals surface area contributed by atoms with Gasteiger partial charge in [-0.15, -0.1) is 0 Å². The summed E-state index contributed by atoms with van der Waals surface area (Å²) in [5.74, 6) is 0. The van der Waals surface area contributed by atoms with Gasteiger partial charge in [-0.3, -0.25) is 0 Å². The highest BCUT2D eigenvalue weighted by molar-refractivity contribution is 5.16. The van der Waals surface area contributed by atoms with Gasteiger partial charge in [0, 0.05) is 12.2 Å². The van der Waals surface area contributed by atoms with Crippen LogP contribution in [0, 0.1) is 0 Å². The van der Waals surface area contributed by atoms with Crippen LogP contribution in [0.1, 0.15) is 40.5 Å². The van der Waals surface area contributed by atoms with Crippen LogP contribution >= 0.6 is 0 Å². The van der Waals surface area contributed by atoms with Gasteiger partial charge in [0.25, 0.3) is 0 Å². The topological polar surface area (TPSA) is 12.0 Å². The number of nitrogens with one attached hydrogen (secondary N) is 1. The lowest BCUT2D eigenvalue weighted by molar-refractivity contribution is 0.824. The molecular weight excluding hydrogens is 170 g/mol. The molecule has 0 aromatic rings. The highest BCUT2D eigenvalue weighted by atomic mass is 14.9. The molecule has 80 valence electrons. The predicted octanol–water partition coefficient (Wildman–Crippen LogP) is 3.80. The molecule has 0 saturated heterocycles. The van der Waals surface area contributed by atoms with Gasteiger partial charge >= 0.3 is 0 Å². The van der Waals surface area contributed by atoms with E-state index in [9.17, 15) is 0 Å². The van der Waals surface area contributed by atoms with E-state index >= 15 is 0 Å². The first-order valence-electron chi connectivity index (χ1n) is 5.34. The Kier molecular flexibility index (Phi) is 6.91. The SMILES string of the molecule is C=C(CC)NC/C(C)=C/C=C(\C)CC. The molecule has 0 aliphatic carbocycles. The Morgan fingerprint density at radius 2 is 1.64 bits per heavy atom. The Morgan fingerprint density at radius 1 is 1.07 bits per heavy atom. The van der Waals surface area contributed by atoms with E-state index in [1.807, 2.05) is 0 Å². The van der Waals surface area contributed by atoms with E-state index in [0.717, 1.165) is 25.1 Å². The van der Waals surface area contributed by atoms with Crippen molar-refractivity contribution >= 4 is 0 Å². The summed E-state index contributed by atoms with van der Waals surface area (Å²) >= 11 is 0. The van der Waals surface area contributed by atoms with Crippen molar-refractivity contribution in [1.29, 1.82) is 0 Å². The normalized spacial score (nSPS) is 12.9. The molecule has 0 fully saturated rings. The third-order valence-electron chi connectivity index (χ3n) is 2.25. The molecule has 14 heavy (non-hydrogen) atoms. The maximum absolute atomic E-state index is 3.90.